The van der Waals surface area contributed by atoms with Gasteiger partial charge in [-0.25, -0.2) is 4.98 Å². The first-order chi connectivity index (χ1) is 8.68. The lowest BCUT2D eigenvalue weighted by molar-refractivity contribution is -0.130. The van der Waals surface area contributed by atoms with Gasteiger partial charge in [-0.15, -0.1) is 24.8 Å². The van der Waals surface area contributed by atoms with Crippen molar-refractivity contribution in [2.45, 2.75) is 39.2 Å². The van der Waals surface area contributed by atoms with Gasteiger partial charge >= 0.3 is 0 Å². The van der Waals surface area contributed by atoms with E-state index >= 15 is 0 Å². The summed E-state index contributed by atoms with van der Waals surface area (Å²) in [5.41, 5.74) is 5.48. The van der Waals surface area contributed by atoms with Crippen LogP contribution in [0.2, 0.25) is 0 Å². The molecule has 0 aliphatic heterocycles. The maximum Gasteiger partial charge on any atom is 0.227 e. The van der Waals surface area contributed by atoms with Crippen LogP contribution in [-0.2, 0) is 11.3 Å². The minimum absolute atomic E-state index is 0. The summed E-state index contributed by atoms with van der Waals surface area (Å²) in [4.78, 5) is 16.3. The number of nitrogens with one attached hydrogen (secondary N) is 1. The van der Waals surface area contributed by atoms with E-state index in [0.717, 1.165) is 38.1 Å². The molecule has 1 aromatic rings. The van der Waals surface area contributed by atoms with Gasteiger partial charge in [0.2, 0.25) is 5.91 Å². The first-order valence-electron chi connectivity index (χ1n) is 6.64. The van der Waals surface area contributed by atoms with Crippen molar-refractivity contribution in [3.8, 4) is 0 Å². The van der Waals surface area contributed by atoms with Crippen molar-refractivity contribution < 1.29 is 4.79 Å². The van der Waals surface area contributed by atoms with Gasteiger partial charge in [0.1, 0.15) is 5.82 Å². The number of halogens is 2. The highest BCUT2D eigenvalue weighted by atomic mass is 35.5. The number of carbonyl (C=O) groups is 1. The summed E-state index contributed by atoms with van der Waals surface area (Å²) in [6.07, 6.45) is 7.79. The number of nitrogens with zero attached hydrogens (tertiary/aromatic N) is 2. The van der Waals surface area contributed by atoms with Gasteiger partial charge < -0.3 is 15.6 Å². The third-order valence-electron chi connectivity index (χ3n) is 3.99. The van der Waals surface area contributed by atoms with E-state index in [-0.39, 0.29) is 36.1 Å². The molecule has 1 aliphatic rings. The predicted octanol–water partition coefficient (Wildman–Crippen LogP) is 1.67. The van der Waals surface area contributed by atoms with Crippen LogP contribution in [0.15, 0.2) is 12.4 Å². The molecule has 1 saturated carbocycles. The molecule has 0 unspecified atom stereocenters. The molecule has 116 valence electrons. The van der Waals surface area contributed by atoms with E-state index in [0.29, 0.717) is 13.1 Å². The Kier molecular flexibility index (Phi) is 8.16. The molecule has 1 aliphatic carbocycles. The lowest BCUT2D eigenvalue weighted by Crippen LogP contribution is -2.45. The Labute approximate surface area is 132 Å². The lowest BCUT2D eigenvalue weighted by Gasteiger charge is -2.25. The minimum Gasteiger partial charge on any atom is -0.354 e. The zero-order valence-electron chi connectivity index (χ0n) is 11.8. The van der Waals surface area contributed by atoms with Gasteiger partial charge in [0.05, 0.1) is 5.41 Å². The fraction of sp³-hybridized carbons (Fsp3) is 0.692. The van der Waals surface area contributed by atoms with Crippen LogP contribution in [0, 0.1) is 12.3 Å². The highest BCUT2D eigenvalue weighted by Gasteiger charge is 2.39. The number of aromatic nitrogens is 2. The molecule has 1 heterocycles. The van der Waals surface area contributed by atoms with Crippen molar-refractivity contribution >= 4 is 30.7 Å². The van der Waals surface area contributed by atoms with Crippen molar-refractivity contribution in [1.29, 1.82) is 0 Å². The van der Waals surface area contributed by atoms with Gasteiger partial charge in [0, 0.05) is 32.0 Å². The number of hydrogen-bond acceptors (Lipinski definition) is 3. The number of aryl methyl sites for hydroxylation is 1. The van der Waals surface area contributed by atoms with Crippen LogP contribution < -0.4 is 11.1 Å². The Morgan fingerprint density at radius 1 is 1.45 bits per heavy atom. The SMILES string of the molecule is Cc1nccn1CCNC(=O)C1(CN)CCCC1.Cl.Cl. The maximum absolute atomic E-state index is 12.2. The Bertz CT molecular complexity index is 416. The molecule has 0 spiro atoms. The van der Waals surface area contributed by atoms with Crippen LogP contribution in [0.3, 0.4) is 0 Å². The van der Waals surface area contributed by atoms with Gasteiger partial charge in [-0.3, -0.25) is 4.79 Å². The van der Waals surface area contributed by atoms with E-state index < -0.39 is 0 Å². The van der Waals surface area contributed by atoms with E-state index in [2.05, 4.69) is 10.3 Å². The van der Waals surface area contributed by atoms with E-state index in [1.165, 1.54) is 0 Å². The first kappa shape index (κ1) is 19.2. The fourth-order valence-electron chi connectivity index (χ4n) is 2.69. The number of rotatable bonds is 5. The quantitative estimate of drug-likeness (QED) is 0.866. The summed E-state index contributed by atoms with van der Waals surface area (Å²) in [6.45, 7) is 3.82. The first-order valence-corrected chi connectivity index (χ1v) is 6.64. The van der Waals surface area contributed by atoms with E-state index in [1.54, 1.807) is 6.20 Å². The highest BCUT2D eigenvalue weighted by molar-refractivity contribution is 5.85. The van der Waals surface area contributed by atoms with Gasteiger partial charge in [-0.2, -0.15) is 0 Å². The number of hydrogen-bond donors (Lipinski definition) is 2. The second-order valence-corrected chi connectivity index (χ2v) is 5.12. The minimum atomic E-state index is -0.302. The lowest BCUT2D eigenvalue weighted by atomic mass is 9.85. The fourth-order valence-corrected chi connectivity index (χ4v) is 2.69. The van der Waals surface area contributed by atoms with Crippen LogP contribution in [0.25, 0.3) is 0 Å². The molecular formula is C13H24Cl2N4O. The summed E-state index contributed by atoms with van der Waals surface area (Å²) < 4.78 is 2.03. The molecule has 3 N–H and O–H groups in total. The van der Waals surface area contributed by atoms with Crippen molar-refractivity contribution in [3.05, 3.63) is 18.2 Å². The summed E-state index contributed by atoms with van der Waals surface area (Å²) >= 11 is 0. The third kappa shape index (κ3) is 4.11. The van der Waals surface area contributed by atoms with Crippen molar-refractivity contribution in [3.63, 3.8) is 0 Å². The van der Waals surface area contributed by atoms with E-state index in [1.807, 2.05) is 17.7 Å². The molecule has 2 rings (SSSR count). The molecule has 20 heavy (non-hydrogen) atoms. The van der Waals surface area contributed by atoms with Crippen molar-refractivity contribution in [1.82, 2.24) is 14.9 Å². The van der Waals surface area contributed by atoms with Crippen molar-refractivity contribution in [2.24, 2.45) is 11.1 Å². The molecule has 1 aromatic heterocycles. The Hall–Kier alpha value is -0.780. The zero-order valence-corrected chi connectivity index (χ0v) is 13.4. The summed E-state index contributed by atoms with van der Waals surface area (Å²) in [5, 5.41) is 3.01. The van der Waals surface area contributed by atoms with Crippen LogP contribution >= 0.6 is 24.8 Å². The molecule has 0 radical (unpaired) electrons. The number of imidazole rings is 1. The monoisotopic (exact) mass is 322 g/mol. The average Bonchev–Trinajstić information content (AvgIpc) is 2.99. The van der Waals surface area contributed by atoms with Crippen LogP contribution in [0.4, 0.5) is 0 Å². The largest absolute Gasteiger partial charge is 0.354 e. The molecule has 0 saturated heterocycles. The molecule has 5 nitrogen and oxygen atoms in total. The van der Waals surface area contributed by atoms with Gasteiger partial charge in [-0.1, -0.05) is 12.8 Å². The molecule has 0 aromatic carbocycles. The smallest absolute Gasteiger partial charge is 0.227 e. The van der Waals surface area contributed by atoms with Crippen LogP contribution in [-0.4, -0.2) is 28.5 Å². The molecule has 0 bridgehead atoms. The second kappa shape index (κ2) is 8.49. The van der Waals surface area contributed by atoms with Gasteiger partial charge in [0.25, 0.3) is 0 Å². The molecule has 7 heteroatoms. The topological polar surface area (TPSA) is 72.9 Å². The molecule has 1 fully saturated rings. The molecular weight excluding hydrogens is 299 g/mol. The maximum atomic E-state index is 12.2. The zero-order chi connectivity index (χ0) is 13.0. The number of amides is 1. The summed E-state index contributed by atoms with van der Waals surface area (Å²) in [5.74, 6) is 1.10. The third-order valence-corrected chi connectivity index (χ3v) is 3.99. The van der Waals surface area contributed by atoms with Crippen molar-refractivity contribution in [2.75, 3.05) is 13.1 Å². The average molecular weight is 323 g/mol. The van der Waals surface area contributed by atoms with E-state index in [9.17, 15) is 4.79 Å². The molecule has 0 atom stereocenters. The van der Waals surface area contributed by atoms with E-state index in [4.69, 9.17) is 5.73 Å². The number of carbonyl (C=O) groups excluding carboxylic acids is 1. The highest BCUT2D eigenvalue weighted by Crippen LogP contribution is 2.37. The van der Waals surface area contributed by atoms with Crippen LogP contribution in [0.1, 0.15) is 31.5 Å². The van der Waals surface area contributed by atoms with Gasteiger partial charge in [0.15, 0.2) is 0 Å². The number of nitrogens with two attached hydrogens (primary N) is 1. The van der Waals surface area contributed by atoms with Gasteiger partial charge in [-0.05, 0) is 19.8 Å². The Morgan fingerprint density at radius 2 is 2.10 bits per heavy atom. The Morgan fingerprint density at radius 3 is 2.60 bits per heavy atom. The normalized spacial score (nSPS) is 16.1. The Balaban J connectivity index is 0.00000180. The van der Waals surface area contributed by atoms with Crippen LogP contribution in [0.5, 0.6) is 0 Å². The summed E-state index contributed by atoms with van der Waals surface area (Å²) in [6, 6.07) is 0. The summed E-state index contributed by atoms with van der Waals surface area (Å²) in [7, 11) is 0. The standard InChI is InChI=1S/C13H22N4O.2ClH/c1-11-15-6-8-17(11)9-7-16-12(18)13(10-14)4-2-3-5-13;;/h6,8H,2-5,7,9-10,14H2,1H3,(H,16,18);2*1H. The second-order valence-electron chi connectivity index (χ2n) is 5.12. The predicted molar refractivity (Wildman–Crippen MR) is 84.4 cm³/mol. The molecule has 1 amide bonds.